The number of ketones is 1. The number of carbonyl (C=O) groups is 2. The van der Waals surface area contributed by atoms with Crippen LogP contribution in [0.5, 0.6) is 0 Å². The van der Waals surface area contributed by atoms with Crippen LogP contribution in [0.2, 0.25) is 0 Å². The lowest BCUT2D eigenvalue weighted by Gasteiger charge is -2.07. The van der Waals surface area contributed by atoms with Gasteiger partial charge >= 0.3 is 0 Å². The maximum absolute atomic E-state index is 12.4. The first-order chi connectivity index (χ1) is 10.6. The van der Waals surface area contributed by atoms with Crippen LogP contribution in [0.1, 0.15) is 33.6 Å². The number of nitrogens with zero attached hydrogens (tertiary/aromatic N) is 4. The Morgan fingerprint density at radius 1 is 1.32 bits per heavy atom. The highest BCUT2D eigenvalue weighted by Crippen LogP contribution is 2.10. The zero-order chi connectivity index (χ0) is 15.7. The summed E-state index contributed by atoms with van der Waals surface area (Å²) in [6.07, 6.45) is 4.96. The minimum Gasteiger partial charge on any atom is -0.345 e. The van der Waals surface area contributed by atoms with E-state index in [9.17, 15) is 9.59 Å². The Labute approximate surface area is 126 Å². The minimum absolute atomic E-state index is 0.134. The van der Waals surface area contributed by atoms with Gasteiger partial charge in [0.2, 0.25) is 0 Å². The van der Waals surface area contributed by atoms with Crippen molar-refractivity contribution in [3.63, 3.8) is 0 Å². The highest BCUT2D eigenvalue weighted by molar-refractivity contribution is 5.95. The minimum atomic E-state index is -0.237. The zero-order valence-electron chi connectivity index (χ0n) is 12.3. The molecule has 0 aromatic carbocycles. The van der Waals surface area contributed by atoms with Gasteiger partial charge in [-0.2, -0.15) is 0 Å². The summed E-state index contributed by atoms with van der Waals surface area (Å²) in [6.45, 7) is 1.82. The van der Waals surface area contributed by atoms with Gasteiger partial charge in [0.25, 0.3) is 5.91 Å². The number of aryl methyl sites for hydroxylation is 1. The molecule has 0 spiro atoms. The fourth-order valence-electron chi connectivity index (χ4n) is 2.18. The summed E-state index contributed by atoms with van der Waals surface area (Å²) in [5.74, 6) is -0.371. The molecule has 0 saturated heterocycles. The zero-order valence-corrected chi connectivity index (χ0v) is 12.3. The van der Waals surface area contributed by atoms with Gasteiger partial charge in [-0.15, -0.1) is 0 Å². The van der Waals surface area contributed by atoms with E-state index < -0.39 is 0 Å². The number of nitrogens with one attached hydrogen (secondary N) is 1. The molecular formula is C15H15N5O2. The Hall–Kier alpha value is -2.96. The molecule has 0 atom stereocenters. The van der Waals surface area contributed by atoms with Gasteiger partial charge in [0.1, 0.15) is 17.0 Å². The van der Waals surface area contributed by atoms with Crippen molar-refractivity contribution in [1.82, 2.24) is 24.3 Å². The average molecular weight is 297 g/mol. The highest BCUT2D eigenvalue weighted by Gasteiger charge is 2.13. The Kier molecular flexibility index (Phi) is 3.46. The molecule has 0 unspecified atom stereocenters. The molecule has 112 valence electrons. The Morgan fingerprint density at radius 2 is 2.14 bits per heavy atom. The predicted molar refractivity (Wildman–Crippen MR) is 79.6 cm³/mol. The van der Waals surface area contributed by atoms with Crippen molar-refractivity contribution in [3.8, 4) is 0 Å². The fraction of sp³-hybridized carbons (Fsp3) is 0.200. The van der Waals surface area contributed by atoms with Crippen LogP contribution in [0.25, 0.3) is 5.65 Å². The molecule has 1 N–H and O–H groups in total. The van der Waals surface area contributed by atoms with Crippen LogP contribution in [0, 0.1) is 0 Å². The molecule has 7 nitrogen and oxygen atoms in total. The van der Waals surface area contributed by atoms with Gasteiger partial charge in [0, 0.05) is 26.4 Å². The van der Waals surface area contributed by atoms with Crippen molar-refractivity contribution in [1.29, 1.82) is 0 Å². The van der Waals surface area contributed by atoms with Crippen molar-refractivity contribution in [2.24, 2.45) is 7.05 Å². The quantitative estimate of drug-likeness (QED) is 0.734. The third-order valence-corrected chi connectivity index (χ3v) is 3.43. The summed E-state index contributed by atoms with van der Waals surface area (Å²) in [4.78, 5) is 32.0. The first kappa shape index (κ1) is 14.0. The molecule has 0 bridgehead atoms. The van der Waals surface area contributed by atoms with E-state index in [-0.39, 0.29) is 11.7 Å². The third-order valence-electron chi connectivity index (χ3n) is 3.43. The van der Waals surface area contributed by atoms with E-state index in [1.807, 2.05) is 11.6 Å². The van der Waals surface area contributed by atoms with E-state index in [0.29, 0.717) is 23.6 Å². The van der Waals surface area contributed by atoms with Crippen molar-refractivity contribution in [2.45, 2.75) is 13.5 Å². The number of hydrogen-bond acceptors (Lipinski definition) is 4. The number of fused-ring (bicyclic) bond motifs is 1. The molecule has 0 aliphatic carbocycles. The maximum atomic E-state index is 12.4. The first-order valence-electron chi connectivity index (χ1n) is 6.78. The van der Waals surface area contributed by atoms with Gasteiger partial charge < -0.3 is 9.88 Å². The molecule has 0 fully saturated rings. The molecule has 0 aliphatic heterocycles. The molecule has 3 heterocycles. The summed E-state index contributed by atoms with van der Waals surface area (Å²) in [6, 6.07) is 5.19. The van der Waals surface area contributed by atoms with Crippen LogP contribution in [0.4, 0.5) is 0 Å². The van der Waals surface area contributed by atoms with E-state index in [2.05, 4.69) is 15.3 Å². The SMILES string of the molecule is CC(=O)c1cn2c(C(=O)NCc3cncn3C)cccc2n1. The number of rotatable bonds is 4. The summed E-state index contributed by atoms with van der Waals surface area (Å²) >= 11 is 0. The van der Waals surface area contributed by atoms with Gasteiger partial charge in [0.15, 0.2) is 5.78 Å². The topological polar surface area (TPSA) is 81.3 Å². The van der Waals surface area contributed by atoms with Crippen LogP contribution >= 0.6 is 0 Å². The van der Waals surface area contributed by atoms with E-state index in [0.717, 1.165) is 5.69 Å². The van der Waals surface area contributed by atoms with Crippen molar-refractivity contribution in [3.05, 3.63) is 54.0 Å². The smallest absolute Gasteiger partial charge is 0.268 e. The molecule has 7 heteroatoms. The number of aromatic nitrogens is 4. The van der Waals surface area contributed by atoms with Gasteiger partial charge in [-0.25, -0.2) is 9.97 Å². The van der Waals surface area contributed by atoms with Crippen LogP contribution in [-0.2, 0) is 13.6 Å². The van der Waals surface area contributed by atoms with Gasteiger partial charge in [-0.1, -0.05) is 6.07 Å². The second-order valence-electron chi connectivity index (χ2n) is 5.00. The Bertz CT molecular complexity index is 862. The predicted octanol–water partition coefficient (Wildman–Crippen LogP) is 1.20. The van der Waals surface area contributed by atoms with Crippen LogP contribution in [0.3, 0.4) is 0 Å². The molecule has 0 radical (unpaired) electrons. The molecule has 1 amide bonds. The molecule has 3 aromatic heterocycles. The Morgan fingerprint density at radius 3 is 2.82 bits per heavy atom. The van der Waals surface area contributed by atoms with E-state index in [1.54, 1.807) is 41.3 Å². The number of hydrogen-bond donors (Lipinski definition) is 1. The van der Waals surface area contributed by atoms with Crippen LogP contribution in [0.15, 0.2) is 36.9 Å². The third kappa shape index (κ3) is 2.48. The Balaban J connectivity index is 1.87. The normalized spacial score (nSPS) is 10.8. The fourth-order valence-corrected chi connectivity index (χ4v) is 2.18. The summed E-state index contributed by atoms with van der Waals surface area (Å²) < 4.78 is 3.46. The summed E-state index contributed by atoms with van der Waals surface area (Å²) in [5.41, 5.74) is 2.24. The molecule has 0 saturated carbocycles. The molecular weight excluding hydrogens is 282 g/mol. The molecule has 3 aromatic rings. The lowest BCUT2D eigenvalue weighted by Crippen LogP contribution is -2.25. The maximum Gasteiger partial charge on any atom is 0.268 e. The lowest BCUT2D eigenvalue weighted by molar-refractivity contribution is 0.0942. The molecule has 0 aliphatic rings. The highest BCUT2D eigenvalue weighted by atomic mass is 16.2. The largest absolute Gasteiger partial charge is 0.345 e. The second kappa shape index (κ2) is 5.44. The van der Waals surface area contributed by atoms with Crippen LogP contribution < -0.4 is 5.32 Å². The standard InChI is InChI=1S/C15H15N5O2/c1-10(21)12-8-20-13(4-3-5-14(20)18-12)15(22)17-7-11-6-16-9-19(11)2/h3-6,8-9H,7H2,1-2H3,(H,17,22). The number of amides is 1. The van der Waals surface area contributed by atoms with Gasteiger partial charge in [-0.05, 0) is 12.1 Å². The number of imidazole rings is 2. The first-order valence-corrected chi connectivity index (χ1v) is 6.78. The van der Waals surface area contributed by atoms with Gasteiger partial charge in [0.05, 0.1) is 18.6 Å². The molecule has 22 heavy (non-hydrogen) atoms. The summed E-state index contributed by atoms with van der Waals surface area (Å²) in [5, 5.41) is 2.84. The number of carbonyl (C=O) groups excluding carboxylic acids is 2. The van der Waals surface area contributed by atoms with E-state index in [1.165, 1.54) is 6.92 Å². The van der Waals surface area contributed by atoms with E-state index in [4.69, 9.17) is 0 Å². The average Bonchev–Trinajstić information content (AvgIpc) is 3.10. The van der Waals surface area contributed by atoms with Crippen molar-refractivity contribution in [2.75, 3.05) is 0 Å². The van der Waals surface area contributed by atoms with Crippen LogP contribution in [-0.4, -0.2) is 30.6 Å². The van der Waals surface area contributed by atoms with Crippen molar-refractivity contribution < 1.29 is 9.59 Å². The number of pyridine rings is 1. The van der Waals surface area contributed by atoms with Crippen molar-refractivity contribution >= 4 is 17.3 Å². The van der Waals surface area contributed by atoms with E-state index >= 15 is 0 Å². The number of Topliss-reactive ketones (excluding diaryl/α,β-unsaturated/α-hetero) is 1. The monoisotopic (exact) mass is 297 g/mol. The summed E-state index contributed by atoms with van der Waals surface area (Å²) in [7, 11) is 1.87. The lowest BCUT2D eigenvalue weighted by atomic mass is 10.3. The second-order valence-corrected chi connectivity index (χ2v) is 5.00. The molecule has 3 rings (SSSR count). The van der Waals surface area contributed by atoms with Gasteiger partial charge in [-0.3, -0.25) is 14.0 Å².